The summed E-state index contributed by atoms with van der Waals surface area (Å²) in [6, 6.07) is 12.7. The second-order valence-electron chi connectivity index (χ2n) is 5.51. The van der Waals surface area contributed by atoms with E-state index in [0.29, 0.717) is 35.5 Å². The van der Waals surface area contributed by atoms with Crippen LogP contribution in [0.5, 0.6) is 0 Å². The fourth-order valence-electron chi connectivity index (χ4n) is 2.36. The number of nitriles is 1. The Bertz CT molecular complexity index is 828. The van der Waals surface area contributed by atoms with E-state index in [2.05, 4.69) is 10.6 Å². The van der Waals surface area contributed by atoms with Crippen molar-refractivity contribution in [2.75, 3.05) is 18.4 Å². The molecule has 0 unspecified atom stereocenters. The second kappa shape index (κ2) is 8.60. The molecule has 2 rings (SSSR count). The lowest BCUT2D eigenvalue weighted by atomic mass is 10.1. The van der Waals surface area contributed by atoms with Crippen LogP contribution in [-0.4, -0.2) is 24.8 Å². The molecule has 0 saturated heterocycles. The molecule has 2 aromatic carbocycles. The van der Waals surface area contributed by atoms with E-state index >= 15 is 0 Å². The number of anilines is 1. The molecule has 1 amide bonds. The summed E-state index contributed by atoms with van der Waals surface area (Å²) in [4.78, 5) is 23.5. The Labute approximate surface area is 145 Å². The van der Waals surface area contributed by atoms with Crippen LogP contribution >= 0.6 is 0 Å². The van der Waals surface area contributed by atoms with Gasteiger partial charge in [-0.25, -0.2) is 4.39 Å². The van der Waals surface area contributed by atoms with E-state index < -0.39 is 0 Å². The molecule has 0 radical (unpaired) electrons. The lowest BCUT2D eigenvalue weighted by Crippen LogP contribution is -2.30. The quantitative estimate of drug-likeness (QED) is 0.600. The van der Waals surface area contributed by atoms with Gasteiger partial charge in [0, 0.05) is 24.3 Å². The van der Waals surface area contributed by atoms with Gasteiger partial charge in [-0.1, -0.05) is 12.1 Å². The molecule has 25 heavy (non-hydrogen) atoms. The zero-order valence-corrected chi connectivity index (χ0v) is 13.8. The van der Waals surface area contributed by atoms with Crippen LogP contribution in [0.2, 0.25) is 0 Å². The van der Waals surface area contributed by atoms with Crippen LogP contribution in [0.25, 0.3) is 0 Å². The van der Waals surface area contributed by atoms with Crippen LogP contribution in [0.4, 0.5) is 10.1 Å². The summed E-state index contributed by atoms with van der Waals surface area (Å²) < 4.78 is 13.1. The van der Waals surface area contributed by atoms with E-state index in [4.69, 9.17) is 5.26 Å². The van der Waals surface area contributed by atoms with Crippen molar-refractivity contribution in [2.24, 2.45) is 0 Å². The Morgan fingerprint density at radius 2 is 1.96 bits per heavy atom. The molecule has 0 saturated carbocycles. The van der Waals surface area contributed by atoms with Gasteiger partial charge < -0.3 is 10.6 Å². The van der Waals surface area contributed by atoms with Crippen LogP contribution < -0.4 is 10.6 Å². The second-order valence-corrected chi connectivity index (χ2v) is 5.51. The predicted octanol–water partition coefficient (Wildman–Crippen LogP) is 2.67. The monoisotopic (exact) mass is 339 g/mol. The van der Waals surface area contributed by atoms with Crippen molar-refractivity contribution >= 4 is 17.4 Å². The Morgan fingerprint density at radius 3 is 2.64 bits per heavy atom. The van der Waals surface area contributed by atoms with Crippen LogP contribution in [0.3, 0.4) is 0 Å². The lowest BCUT2D eigenvalue weighted by Gasteiger charge is -2.11. The maximum atomic E-state index is 13.1. The molecule has 0 aromatic heterocycles. The predicted molar refractivity (Wildman–Crippen MR) is 92.8 cm³/mol. The normalized spacial score (nSPS) is 9.96. The van der Waals surface area contributed by atoms with Crippen LogP contribution in [0.15, 0.2) is 42.5 Å². The van der Waals surface area contributed by atoms with E-state index in [1.807, 2.05) is 6.07 Å². The number of amides is 1. The van der Waals surface area contributed by atoms with E-state index in [0.717, 1.165) is 0 Å². The molecule has 2 N–H and O–H groups in total. The minimum absolute atomic E-state index is 0.0976. The number of halogens is 1. The van der Waals surface area contributed by atoms with Crippen LogP contribution in [0.1, 0.15) is 28.4 Å². The van der Waals surface area contributed by atoms with Crippen LogP contribution in [-0.2, 0) is 11.2 Å². The summed E-state index contributed by atoms with van der Waals surface area (Å²) in [6.45, 7) is 2.18. The van der Waals surface area contributed by atoms with E-state index in [1.165, 1.54) is 19.1 Å². The van der Waals surface area contributed by atoms with Gasteiger partial charge in [-0.15, -0.1) is 0 Å². The molecule has 0 spiro atoms. The topological polar surface area (TPSA) is 82.0 Å². The minimum Gasteiger partial charge on any atom is -0.383 e. The summed E-state index contributed by atoms with van der Waals surface area (Å²) >= 11 is 0. The molecule has 5 nitrogen and oxygen atoms in total. The smallest absolute Gasteiger partial charge is 0.224 e. The first kappa shape index (κ1) is 18.1. The summed E-state index contributed by atoms with van der Waals surface area (Å²) in [6.07, 6.45) is 0.0976. The maximum Gasteiger partial charge on any atom is 0.224 e. The largest absolute Gasteiger partial charge is 0.383 e. The standard InChI is InChI=1S/C19H18FN3O2/c1-13(24)17-6-5-15(12-21)10-18(17)22-7-8-23-19(25)11-14-3-2-4-16(20)9-14/h2-6,9-10,22H,7-8,11H2,1H3,(H,23,25). The lowest BCUT2D eigenvalue weighted by molar-refractivity contribution is -0.120. The van der Waals surface area contributed by atoms with Crippen molar-refractivity contribution in [2.45, 2.75) is 13.3 Å². The van der Waals surface area contributed by atoms with E-state index in [-0.39, 0.29) is 23.9 Å². The highest BCUT2D eigenvalue weighted by Crippen LogP contribution is 2.18. The number of hydrogen-bond donors (Lipinski definition) is 2. The number of nitrogens with one attached hydrogen (secondary N) is 2. The first-order valence-electron chi connectivity index (χ1n) is 7.79. The highest BCUT2D eigenvalue weighted by molar-refractivity contribution is 5.99. The summed E-state index contributed by atoms with van der Waals surface area (Å²) in [5, 5.41) is 14.7. The van der Waals surface area contributed by atoms with Crippen molar-refractivity contribution in [3.63, 3.8) is 0 Å². The Kier molecular flexibility index (Phi) is 6.24. The number of Topliss-reactive ketones (excluding diaryl/α,β-unsaturated/α-hetero) is 1. The summed E-state index contributed by atoms with van der Waals surface area (Å²) in [5.41, 5.74) is 2.10. The van der Waals surface area contributed by atoms with Gasteiger partial charge in [0.1, 0.15) is 5.82 Å². The van der Waals surface area contributed by atoms with E-state index in [9.17, 15) is 14.0 Å². The highest BCUT2D eigenvalue weighted by Gasteiger charge is 2.08. The van der Waals surface area contributed by atoms with Crippen molar-refractivity contribution in [3.8, 4) is 6.07 Å². The van der Waals surface area contributed by atoms with Gasteiger partial charge in [0.25, 0.3) is 0 Å². The molecule has 2 aromatic rings. The SMILES string of the molecule is CC(=O)c1ccc(C#N)cc1NCCNC(=O)Cc1cccc(F)c1. The van der Waals surface area contributed by atoms with Gasteiger partial charge in [0.15, 0.2) is 5.78 Å². The van der Waals surface area contributed by atoms with Gasteiger partial charge in [-0.3, -0.25) is 9.59 Å². The van der Waals surface area contributed by atoms with E-state index in [1.54, 1.807) is 30.3 Å². The van der Waals surface area contributed by atoms with Crippen LogP contribution in [0, 0.1) is 17.1 Å². The maximum absolute atomic E-state index is 13.1. The molecule has 0 heterocycles. The zero-order valence-electron chi connectivity index (χ0n) is 13.8. The number of hydrogen-bond acceptors (Lipinski definition) is 4. The first-order chi connectivity index (χ1) is 12.0. The third-order valence-electron chi connectivity index (χ3n) is 3.54. The van der Waals surface area contributed by atoms with Crippen molar-refractivity contribution in [1.29, 1.82) is 5.26 Å². The number of rotatable bonds is 7. The highest BCUT2D eigenvalue weighted by atomic mass is 19.1. The Balaban J connectivity index is 1.86. The van der Waals surface area contributed by atoms with Gasteiger partial charge in [0.2, 0.25) is 5.91 Å². The number of carbonyl (C=O) groups is 2. The molecule has 0 bridgehead atoms. The molecule has 0 atom stereocenters. The van der Waals surface area contributed by atoms with Crippen molar-refractivity contribution in [3.05, 3.63) is 65.0 Å². The Morgan fingerprint density at radius 1 is 1.16 bits per heavy atom. The van der Waals surface area contributed by atoms with Crippen molar-refractivity contribution in [1.82, 2.24) is 5.32 Å². The zero-order chi connectivity index (χ0) is 18.2. The van der Waals surface area contributed by atoms with Gasteiger partial charge in [0.05, 0.1) is 18.1 Å². The Hall–Kier alpha value is -3.20. The average molecular weight is 339 g/mol. The van der Waals surface area contributed by atoms with Gasteiger partial charge in [-0.2, -0.15) is 5.26 Å². The molecule has 0 fully saturated rings. The molecular weight excluding hydrogens is 321 g/mol. The molecular formula is C19H18FN3O2. The number of ketones is 1. The number of carbonyl (C=O) groups excluding carboxylic acids is 2. The van der Waals surface area contributed by atoms with Gasteiger partial charge >= 0.3 is 0 Å². The average Bonchev–Trinajstić information content (AvgIpc) is 2.58. The minimum atomic E-state index is -0.374. The number of benzene rings is 2. The molecule has 0 aliphatic carbocycles. The number of nitrogens with zero attached hydrogens (tertiary/aromatic N) is 1. The third-order valence-corrected chi connectivity index (χ3v) is 3.54. The molecule has 128 valence electrons. The fraction of sp³-hybridized carbons (Fsp3) is 0.211. The summed E-state index contributed by atoms with van der Waals surface area (Å²) in [7, 11) is 0. The first-order valence-corrected chi connectivity index (χ1v) is 7.79. The molecule has 6 heteroatoms. The van der Waals surface area contributed by atoms with Gasteiger partial charge in [-0.05, 0) is 42.8 Å². The fourth-order valence-corrected chi connectivity index (χ4v) is 2.36. The van der Waals surface area contributed by atoms with Crippen molar-refractivity contribution < 1.29 is 14.0 Å². The summed E-state index contributed by atoms with van der Waals surface area (Å²) in [5.74, 6) is -0.701. The third kappa shape index (κ3) is 5.43. The molecule has 0 aliphatic rings. The molecule has 0 aliphatic heterocycles.